The van der Waals surface area contributed by atoms with Crippen LogP contribution in [-0.2, 0) is 0 Å². The van der Waals surface area contributed by atoms with Crippen LogP contribution in [0.1, 0.15) is 0 Å². The van der Waals surface area contributed by atoms with Gasteiger partial charge in [0.15, 0.2) is 0 Å². The number of rotatable bonds is 2. The van der Waals surface area contributed by atoms with Crippen LogP contribution < -0.4 is 0 Å². The number of hydrogen-bond acceptors (Lipinski definition) is 3. The lowest BCUT2D eigenvalue weighted by molar-refractivity contribution is 0.672. The lowest BCUT2D eigenvalue weighted by Crippen LogP contribution is -1.91. The maximum atomic E-state index is 6.49. The van der Waals surface area contributed by atoms with Gasteiger partial charge in [-0.3, -0.25) is 0 Å². The van der Waals surface area contributed by atoms with Crippen molar-refractivity contribution < 1.29 is 4.42 Å². The van der Waals surface area contributed by atoms with Gasteiger partial charge in [0.2, 0.25) is 0 Å². The van der Waals surface area contributed by atoms with Gasteiger partial charge in [-0.15, -0.1) is 0 Å². The summed E-state index contributed by atoms with van der Waals surface area (Å²) in [4.78, 5) is 10.1. The van der Waals surface area contributed by atoms with Gasteiger partial charge >= 0.3 is 0 Å². The molecule has 5 aromatic carbocycles. The van der Waals surface area contributed by atoms with Crippen LogP contribution >= 0.6 is 0 Å². The highest BCUT2D eigenvalue weighted by atomic mass is 16.3. The SMILES string of the molecule is c1cc(-c2ccc3ccccc3n2)cc(-c2nc3ccccc3c3ccc4c5ccccc5oc4c23)c1. The zero-order chi connectivity index (χ0) is 24.3. The van der Waals surface area contributed by atoms with E-state index in [1.54, 1.807) is 0 Å². The van der Waals surface area contributed by atoms with Gasteiger partial charge in [0.25, 0.3) is 0 Å². The van der Waals surface area contributed by atoms with Gasteiger partial charge in [-0.2, -0.15) is 0 Å². The minimum atomic E-state index is 0.876. The molecule has 37 heavy (non-hydrogen) atoms. The molecule has 0 aliphatic rings. The van der Waals surface area contributed by atoms with Crippen molar-refractivity contribution in [1.82, 2.24) is 9.97 Å². The fourth-order valence-electron chi connectivity index (χ4n) is 5.49. The van der Waals surface area contributed by atoms with E-state index in [9.17, 15) is 0 Å². The Labute approximate surface area is 212 Å². The van der Waals surface area contributed by atoms with E-state index < -0.39 is 0 Å². The molecule has 8 rings (SSSR count). The first kappa shape index (κ1) is 20.2. The lowest BCUT2D eigenvalue weighted by atomic mass is 9.96. The Hall–Kier alpha value is -5.02. The highest BCUT2D eigenvalue weighted by molar-refractivity contribution is 6.23. The monoisotopic (exact) mass is 472 g/mol. The summed E-state index contributed by atoms with van der Waals surface area (Å²) in [6.07, 6.45) is 0. The number of hydrogen-bond donors (Lipinski definition) is 0. The Morgan fingerprint density at radius 2 is 1.24 bits per heavy atom. The summed E-state index contributed by atoms with van der Waals surface area (Å²) in [5.41, 5.74) is 7.68. The maximum Gasteiger partial charge on any atom is 0.145 e. The van der Waals surface area contributed by atoms with E-state index in [2.05, 4.69) is 91.0 Å². The van der Waals surface area contributed by atoms with Crippen molar-refractivity contribution in [3.05, 3.63) is 121 Å². The summed E-state index contributed by atoms with van der Waals surface area (Å²) in [6.45, 7) is 0. The third-order valence-corrected chi connectivity index (χ3v) is 7.24. The van der Waals surface area contributed by atoms with Crippen LogP contribution in [0.4, 0.5) is 0 Å². The minimum absolute atomic E-state index is 0.876. The fraction of sp³-hybridized carbons (Fsp3) is 0. The number of pyridine rings is 2. The molecule has 3 aromatic heterocycles. The van der Waals surface area contributed by atoms with Gasteiger partial charge in [0.05, 0.1) is 27.8 Å². The van der Waals surface area contributed by atoms with Crippen molar-refractivity contribution in [2.24, 2.45) is 0 Å². The number of para-hydroxylation sites is 3. The van der Waals surface area contributed by atoms with E-state index in [4.69, 9.17) is 14.4 Å². The molecule has 0 atom stereocenters. The van der Waals surface area contributed by atoms with Crippen LogP contribution in [0.5, 0.6) is 0 Å². The summed E-state index contributed by atoms with van der Waals surface area (Å²) >= 11 is 0. The van der Waals surface area contributed by atoms with Crippen molar-refractivity contribution in [1.29, 1.82) is 0 Å². The summed E-state index contributed by atoms with van der Waals surface area (Å²) in [5.74, 6) is 0. The van der Waals surface area contributed by atoms with Crippen molar-refractivity contribution in [3.8, 4) is 22.5 Å². The quantitative estimate of drug-likeness (QED) is 0.235. The van der Waals surface area contributed by atoms with Gasteiger partial charge in [0, 0.05) is 32.7 Å². The molecular formula is C34H20N2O. The number of benzene rings is 5. The van der Waals surface area contributed by atoms with E-state index in [-0.39, 0.29) is 0 Å². The summed E-state index contributed by atoms with van der Waals surface area (Å²) < 4.78 is 6.49. The zero-order valence-corrected chi connectivity index (χ0v) is 19.8. The van der Waals surface area contributed by atoms with E-state index in [0.717, 1.165) is 77.0 Å². The Balaban J connectivity index is 1.44. The second-order valence-corrected chi connectivity index (χ2v) is 9.41. The second kappa shape index (κ2) is 7.74. The Kier molecular flexibility index (Phi) is 4.23. The average molecular weight is 473 g/mol. The standard InChI is InChI=1S/C34H20N2O/c1-4-13-28-21(8-1)16-19-29(35-28)22-9-7-10-23(20-22)33-32-26(24-11-2-5-14-30(24)36-33)17-18-27-25-12-3-6-15-31(25)37-34(27)32/h1-20H. The highest BCUT2D eigenvalue weighted by Gasteiger charge is 2.18. The normalized spacial score (nSPS) is 11.8. The second-order valence-electron chi connectivity index (χ2n) is 9.41. The molecule has 0 unspecified atom stereocenters. The van der Waals surface area contributed by atoms with E-state index in [1.807, 2.05) is 30.3 Å². The van der Waals surface area contributed by atoms with Crippen LogP contribution in [-0.4, -0.2) is 9.97 Å². The van der Waals surface area contributed by atoms with Crippen molar-refractivity contribution in [2.75, 3.05) is 0 Å². The molecular weight excluding hydrogens is 452 g/mol. The predicted octanol–water partition coefficient (Wildman–Crippen LogP) is 9.17. The molecule has 3 nitrogen and oxygen atoms in total. The largest absolute Gasteiger partial charge is 0.455 e. The van der Waals surface area contributed by atoms with Gasteiger partial charge in [-0.05, 0) is 41.8 Å². The van der Waals surface area contributed by atoms with E-state index in [0.29, 0.717) is 0 Å². The molecule has 0 aliphatic carbocycles. The molecule has 8 aromatic rings. The molecule has 0 N–H and O–H groups in total. The topological polar surface area (TPSA) is 38.9 Å². The summed E-state index contributed by atoms with van der Waals surface area (Å²) in [7, 11) is 0. The van der Waals surface area contributed by atoms with Crippen molar-refractivity contribution >= 4 is 54.5 Å². The molecule has 0 aliphatic heterocycles. The Morgan fingerprint density at radius 1 is 0.486 bits per heavy atom. The third-order valence-electron chi connectivity index (χ3n) is 7.24. The first-order valence-electron chi connectivity index (χ1n) is 12.4. The molecule has 3 heteroatoms. The van der Waals surface area contributed by atoms with Crippen LogP contribution in [0.3, 0.4) is 0 Å². The lowest BCUT2D eigenvalue weighted by Gasteiger charge is -2.12. The number of aromatic nitrogens is 2. The molecule has 3 heterocycles. The molecule has 0 saturated heterocycles. The average Bonchev–Trinajstić information content (AvgIpc) is 3.35. The Morgan fingerprint density at radius 3 is 2.19 bits per heavy atom. The number of furan rings is 1. The maximum absolute atomic E-state index is 6.49. The van der Waals surface area contributed by atoms with Gasteiger partial charge in [-0.25, -0.2) is 9.97 Å². The fourth-order valence-corrected chi connectivity index (χ4v) is 5.49. The first-order valence-corrected chi connectivity index (χ1v) is 12.4. The highest BCUT2D eigenvalue weighted by Crippen LogP contribution is 2.41. The first-order chi connectivity index (χ1) is 18.3. The smallest absolute Gasteiger partial charge is 0.145 e. The predicted molar refractivity (Wildman–Crippen MR) is 153 cm³/mol. The zero-order valence-electron chi connectivity index (χ0n) is 19.8. The van der Waals surface area contributed by atoms with Gasteiger partial charge < -0.3 is 4.42 Å². The summed E-state index contributed by atoms with van der Waals surface area (Å²) in [5, 5.41) is 6.66. The minimum Gasteiger partial charge on any atom is -0.455 e. The van der Waals surface area contributed by atoms with Crippen LogP contribution in [0, 0.1) is 0 Å². The van der Waals surface area contributed by atoms with E-state index in [1.165, 1.54) is 0 Å². The van der Waals surface area contributed by atoms with Crippen LogP contribution in [0.15, 0.2) is 126 Å². The van der Waals surface area contributed by atoms with Crippen molar-refractivity contribution in [2.45, 2.75) is 0 Å². The molecule has 0 fully saturated rings. The van der Waals surface area contributed by atoms with Crippen molar-refractivity contribution in [3.63, 3.8) is 0 Å². The third kappa shape index (κ3) is 3.08. The van der Waals surface area contributed by atoms with Gasteiger partial charge in [0.1, 0.15) is 11.2 Å². The summed E-state index contributed by atoms with van der Waals surface area (Å²) in [6, 6.07) is 41.9. The van der Waals surface area contributed by atoms with Gasteiger partial charge in [-0.1, -0.05) is 84.9 Å². The molecule has 0 spiro atoms. The number of nitrogens with zero attached hydrogens (tertiary/aromatic N) is 2. The molecule has 0 radical (unpaired) electrons. The van der Waals surface area contributed by atoms with Crippen LogP contribution in [0.2, 0.25) is 0 Å². The molecule has 172 valence electrons. The molecule has 0 bridgehead atoms. The number of fused-ring (bicyclic) bond motifs is 8. The van der Waals surface area contributed by atoms with E-state index >= 15 is 0 Å². The van der Waals surface area contributed by atoms with Crippen LogP contribution in [0.25, 0.3) is 77.0 Å². The molecule has 0 saturated carbocycles. The Bertz CT molecular complexity index is 2160. The molecule has 0 amide bonds.